The molecule has 0 amide bonds. The van der Waals surface area contributed by atoms with Crippen molar-refractivity contribution >= 4 is 27.3 Å². The SMILES string of the molecule is CC[Si](CC)(CC)OC(=C=C(c1ccccc1)[Si](CC)(CC)CC)c1ccccc1. The van der Waals surface area contributed by atoms with Crippen LogP contribution in [0.15, 0.2) is 66.4 Å². The maximum atomic E-state index is 7.00. The highest BCUT2D eigenvalue weighted by molar-refractivity contribution is 6.96. The topological polar surface area (TPSA) is 9.23 Å². The molecule has 0 aliphatic heterocycles. The van der Waals surface area contributed by atoms with Crippen molar-refractivity contribution in [3.8, 4) is 0 Å². The van der Waals surface area contributed by atoms with Gasteiger partial charge in [0.15, 0.2) is 5.76 Å². The molecule has 0 aliphatic rings. The summed E-state index contributed by atoms with van der Waals surface area (Å²) in [6.07, 6.45) is 0. The number of rotatable bonds is 11. The van der Waals surface area contributed by atoms with Crippen molar-refractivity contribution in [2.45, 2.75) is 77.8 Å². The molecule has 3 heteroatoms. The fourth-order valence-electron chi connectivity index (χ4n) is 4.44. The molecule has 0 fully saturated rings. The zero-order valence-corrected chi connectivity index (χ0v) is 21.9. The molecule has 2 aromatic carbocycles. The fourth-order valence-corrected chi connectivity index (χ4v) is 10.7. The summed E-state index contributed by atoms with van der Waals surface area (Å²) in [5.41, 5.74) is 6.43. The Morgan fingerprint density at radius 1 is 0.633 bits per heavy atom. The third-order valence-electron chi connectivity index (χ3n) is 7.15. The van der Waals surface area contributed by atoms with Crippen LogP contribution in [0, 0.1) is 0 Å². The molecule has 0 bridgehead atoms. The first-order chi connectivity index (χ1) is 14.5. The molecule has 162 valence electrons. The Morgan fingerprint density at radius 2 is 1.07 bits per heavy atom. The quantitative estimate of drug-likeness (QED) is 0.194. The lowest BCUT2D eigenvalue weighted by Crippen LogP contribution is -2.35. The van der Waals surface area contributed by atoms with E-state index in [4.69, 9.17) is 4.43 Å². The Bertz CT molecular complexity index is 811. The molecule has 0 aromatic heterocycles. The van der Waals surface area contributed by atoms with Crippen LogP contribution in [0.5, 0.6) is 0 Å². The van der Waals surface area contributed by atoms with Gasteiger partial charge in [-0.05, 0) is 28.9 Å². The van der Waals surface area contributed by atoms with E-state index in [9.17, 15) is 0 Å². The summed E-state index contributed by atoms with van der Waals surface area (Å²) < 4.78 is 7.00. The molecule has 0 spiro atoms. The van der Waals surface area contributed by atoms with Gasteiger partial charge in [0.25, 0.3) is 8.32 Å². The second-order valence-corrected chi connectivity index (χ2v) is 18.1. The zero-order chi connectivity index (χ0) is 22.0. The van der Waals surface area contributed by atoms with Gasteiger partial charge < -0.3 is 4.43 Å². The predicted octanol–water partition coefficient (Wildman–Crippen LogP) is 8.78. The van der Waals surface area contributed by atoms with Gasteiger partial charge in [-0.2, -0.15) is 0 Å². The summed E-state index contributed by atoms with van der Waals surface area (Å²) in [6, 6.07) is 28.7. The molecule has 2 aromatic rings. The van der Waals surface area contributed by atoms with Crippen LogP contribution in [-0.4, -0.2) is 16.4 Å². The lowest BCUT2D eigenvalue weighted by atomic mass is 10.1. The van der Waals surface area contributed by atoms with Crippen molar-refractivity contribution < 1.29 is 4.43 Å². The lowest BCUT2D eigenvalue weighted by molar-refractivity contribution is 0.492. The highest BCUT2D eigenvalue weighted by atomic mass is 28.4. The maximum absolute atomic E-state index is 7.00. The Balaban J connectivity index is 2.87. The van der Waals surface area contributed by atoms with Gasteiger partial charge in [0.1, 0.15) is 0 Å². The third kappa shape index (κ3) is 5.46. The van der Waals surface area contributed by atoms with Gasteiger partial charge in [0, 0.05) is 5.56 Å². The smallest absolute Gasteiger partial charge is 0.251 e. The van der Waals surface area contributed by atoms with E-state index in [-0.39, 0.29) is 0 Å². The van der Waals surface area contributed by atoms with Crippen molar-refractivity contribution in [2.75, 3.05) is 0 Å². The first kappa shape index (κ1) is 24.5. The van der Waals surface area contributed by atoms with Crippen molar-refractivity contribution in [1.82, 2.24) is 0 Å². The van der Waals surface area contributed by atoms with E-state index >= 15 is 0 Å². The second-order valence-electron chi connectivity index (χ2n) is 8.25. The normalized spacial score (nSPS) is 11.7. The van der Waals surface area contributed by atoms with Crippen LogP contribution < -0.4 is 0 Å². The summed E-state index contributed by atoms with van der Waals surface area (Å²) in [5.74, 6) is 0.971. The molecule has 0 radical (unpaired) electrons. The summed E-state index contributed by atoms with van der Waals surface area (Å²) in [4.78, 5) is 0. The molecule has 0 unspecified atom stereocenters. The van der Waals surface area contributed by atoms with E-state index in [0.29, 0.717) is 0 Å². The van der Waals surface area contributed by atoms with E-state index in [1.54, 1.807) is 0 Å². The van der Waals surface area contributed by atoms with E-state index in [1.165, 1.54) is 28.9 Å². The zero-order valence-electron chi connectivity index (χ0n) is 19.9. The van der Waals surface area contributed by atoms with Crippen LogP contribution in [0.1, 0.15) is 52.7 Å². The highest BCUT2D eigenvalue weighted by Gasteiger charge is 2.35. The highest BCUT2D eigenvalue weighted by Crippen LogP contribution is 2.37. The molecule has 0 saturated heterocycles. The minimum Gasteiger partial charge on any atom is -0.538 e. The van der Waals surface area contributed by atoms with Gasteiger partial charge >= 0.3 is 0 Å². The Kier molecular flexibility index (Phi) is 9.42. The monoisotopic (exact) mass is 436 g/mol. The van der Waals surface area contributed by atoms with Crippen LogP contribution in [0.4, 0.5) is 0 Å². The molecule has 0 saturated carbocycles. The average molecular weight is 437 g/mol. The second kappa shape index (κ2) is 11.5. The molecule has 0 atom stereocenters. The van der Waals surface area contributed by atoms with Crippen LogP contribution >= 0.6 is 0 Å². The Labute approximate surface area is 187 Å². The van der Waals surface area contributed by atoms with Crippen molar-refractivity contribution in [3.05, 3.63) is 77.5 Å². The molecular weight excluding hydrogens is 396 g/mol. The Morgan fingerprint density at radius 3 is 1.47 bits per heavy atom. The summed E-state index contributed by atoms with van der Waals surface area (Å²) in [5, 5.41) is 1.43. The lowest BCUT2D eigenvalue weighted by Gasteiger charge is -2.32. The van der Waals surface area contributed by atoms with Crippen molar-refractivity contribution in [2.24, 2.45) is 0 Å². The van der Waals surface area contributed by atoms with Gasteiger partial charge in [0.2, 0.25) is 0 Å². The maximum Gasteiger partial charge on any atom is 0.251 e. The molecule has 2 rings (SSSR count). The standard InChI is InChI=1S/C27H40OSi2/c1-7-29(8-2,9-3)27(25-21-17-14-18-22-25)23-26(24-19-15-13-16-20-24)28-30(10-4,11-5)12-6/h13-22H,7-12H2,1-6H3. The van der Waals surface area contributed by atoms with E-state index in [2.05, 4.69) is 108 Å². The Hall–Kier alpha value is -1.81. The van der Waals surface area contributed by atoms with Gasteiger partial charge in [-0.3, -0.25) is 0 Å². The summed E-state index contributed by atoms with van der Waals surface area (Å²) >= 11 is 0. The van der Waals surface area contributed by atoms with Crippen LogP contribution in [0.25, 0.3) is 11.0 Å². The summed E-state index contributed by atoms with van der Waals surface area (Å²) in [7, 11) is -3.49. The average Bonchev–Trinajstić information content (AvgIpc) is 2.83. The molecule has 0 aliphatic carbocycles. The molecule has 30 heavy (non-hydrogen) atoms. The third-order valence-corrected chi connectivity index (χ3v) is 17.2. The molecule has 1 nitrogen and oxygen atoms in total. The van der Waals surface area contributed by atoms with Gasteiger partial charge in [0.05, 0.1) is 8.07 Å². The van der Waals surface area contributed by atoms with Crippen LogP contribution in [0.2, 0.25) is 36.3 Å². The largest absolute Gasteiger partial charge is 0.538 e. The van der Waals surface area contributed by atoms with E-state index in [0.717, 1.165) is 29.5 Å². The van der Waals surface area contributed by atoms with E-state index in [1.807, 2.05) is 0 Å². The van der Waals surface area contributed by atoms with Crippen LogP contribution in [-0.2, 0) is 4.43 Å². The van der Waals surface area contributed by atoms with Gasteiger partial charge in [-0.25, -0.2) is 0 Å². The van der Waals surface area contributed by atoms with Crippen LogP contribution in [0.3, 0.4) is 0 Å². The number of hydrogen-bond donors (Lipinski definition) is 0. The first-order valence-corrected chi connectivity index (χ1v) is 17.0. The molecule has 0 N–H and O–H groups in total. The molecule has 0 heterocycles. The molecular formula is C27H40OSi2. The fraction of sp³-hybridized carbons (Fsp3) is 0.444. The van der Waals surface area contributed by atoms with Crippen molar-refractivity contribution in [1.29, 1.82) is 0 Å². The minimum atomic E-state index is -1.82. The predicted molar refractivity (Wildman–Crippen MR) is 139 cm³/mol. The van der Waals surface area contributed by atoms with E-state index < -0.39 is 16.4 Å². The minimum absolute atomic E-state index is 0.971. The number of hydrogen-bond acceptors (Lipinski definition) is 1. The van der Waals surface area contributed by atoms with Crippen molar-refractivity contribution in [3.63, 3.8) is 0 Å². The van der Waals surface area contributed by atoms with Gasteiger partial charge in [-0.15, -0.1) is 0 Å². The summed E-state index contributed by atoms with van der Waals surface area (Å²) in [6.45, 7) is 14.0. The number of benzene rings is 2. The van der Waals surface area contributed by atoms with Gasteiger partial charge in [-0.1, -0.05) is 126 Å². The first-order valence-electron chi connectivity index (χ1n) is 11.8.